The number of thiazole rings is 1. The number of rotatable bonds is 4. The van der Waals surface area contributed by atoms with Gasteiger partial charge in [-0.3, -0.25) is 4.79 Å². The number of carbonyl (C=O) groups is 1. The minimum Gasteiger partial charge on any atom is -0.370 e. The van der Waals surface area contributed by atoms with Crippen molar-refractivity contribution in [3.8, 4) is 0 Å². The SMILES string of the molecule is NC(=O)CCC(N)c1nc2c(s1)C=CCC2. The second-order valence-corrected chi connectivity index (χ2v) is 4.98. The Balaban J connectivity index is 2.06. The predicted octanol–water partition coefficient (Wildman–Crippen LogP) is 1.37. The average molecular weight is 237 g/mol. The zero-order chi connectivity index (χ0) is 11.5. The van der Waals surface area contributed by atoms with Gasteiger partial charge in [-0.15, -0.1) is 11.3 Å². The molecular formula is C11H15N3OS. The van der Waals surface area contributed by atoms with E-state index in [4.69, 9.17) is 11.5 Å². The molecule has 1 aliphatic carbocycles. The first-order chi connectivity index (χ1) is 7.66. The summed E-state index contributed by atoms with van der Waals surface area (Å²) in [6, 6.07) is -0.170. The van der Waals surface area contributed by atoms with Gasteiger partial charge in [0.15, 0.2) is 0 Å². The summed E-state index contributed by atoms with van der Waals surface area (Å²) in [6.07, 6.45) is 7.18. The van der Waals surface area contributed by atoms with Crippen molar-refractivity contribution in [2.45, 2.75) is 31.7 Å². The van der Waals surface area contributed by atoms with Crippen LogP contribution in [-0.2, 0) is 11.2 Å². The van der Waals surface area contributed by atoms with Crippen molar-refractivity contribution in [2.24, 2.45) is 11.5 Å². The van der Waals surface area contributed by atoms with Crippen LogP contribution in [0.15, 0.2) is 6.08 Å². The number of hydrogen-bond acceptors (Lipinski definition) is 4. The molecule has 1 unspecified atom stereocenters. The molecule has 1 aromatic heterocycles. The van der Waals surface area contributed by atoms with E-state index < -0.39 is 0 Å². The lowest BCUT2D eigenvalue weighted by atomic mass is 10.1. The number of nitrogens with two attached hydrogens (primary N) is 2. The molecule has 1 aromatic rings. The number of carbonyl (C=O) groups excluding carboxylic acids is 1. The van der Waals surface area contributed by atoms with E-state index in [1.54, 1.807) is 11.3 Å². The molecule has 0 radical (unpaired) electrons. The van der Waals surface area contributed by atoms with Crippen LogP contribution in [0.3, 0.4) is 0 Å². The monoisotopic (exact) mass is 237 g/mol. The van der Waals surface area contributed by atoms with Gasteiger partial charge in [0.1, 0.15) is 5.01 Å². The molecule has 0 aromatic carbocycles. The largest absolute Gasteiger partial charge is 0.370 e. The molecule has 1 atom stereocenters. The van der Waals surface area contributed by atoms with Crippen molar-refractivity contribution >= 4 is 23.3 Å². The van der Waals surface area contributed by atoms with Gasteiger partial charge >= 0.3 is 0 Å². The molecule has 0 aliphatic heterocycles. The van der Waals surface area contributed by atoms with Crippen LogP contribution in [0.1, 0.15) is 40.9 Å². The molecule has 2 rings (SSSR count). The van der Waals surface area contributed by atoms with Gasteiger partial charge in [0.05, 0.1) is 16.6 Å². The smallest absolute Gasteiger partial charge is 0.217 e. The van der Waals surface area contributed by atoms with Crippen LogP contribution in [0.25, 0.3) is 6.08 Å². The summed E-state index contributed by atoms with van der Waals surface area (Å²) in [4.78, 5) is 16.4. The molecule has 0 saturated carbocycles. The molecule has 0 spiro atoms. The van der Waals surface area contributed by atoms with Crippen molar-refractivity contribution in [2.75, 3.05) is 0 Å². The summed E-state index contributed by atoms with van der Waals surface area (Å²) in [5.41, 5.74) is 12.2. The van der Waals surface area contributed by atoms with Crippen molar-refractivity contribution in [1.29, 1.82) is 0 Å². The molecule has 1 amide bonds. The van der Waals surface area contributed by atoms with Crippen LogP contribution in [0.4, 0.5) is 0 Å². The van der Waals surface area contributed by atoms with Crippen LogP contribution in [-0.4, -0.2) is 10.9 Å². The van der Waals surface area contributed by atoms with Gasteiger partial charge in [-0.2, -0.15) is 0 Å². The highest BCUT2D eigenvalue weighted by Gasteiger charge is 2.16. The zero-order valence-electron chi connectivity index (χ0n) is 8.98. The maximum Gasteiger partial charge on any atom is 0.217 e. The fourth-order valence-electron chi connectivity index (χ4n) is 1.68. The number of fused-ring (bicyclic) bond motifs is 1. The van der Waals surface area contributed by atoms with E-state index in [0.717, 1.165) is 23.5 Å². The Morgan fingerprint density at radius 3 is 3.12 bits per heavy atom. The second kappa shape index (κ2) is 4.76. The Morgan fingerprint density at radius 1 is 1.62 bits per heavy atom. The van der Waals surface area contributed by atoms with E-state index in [-0.39, 0.29) is 11.9 Å². The number of aromatic nitrogens is 1. The van der Waals surface area contributed by atoms with E-state index >= 15 is 0 Å². The Bertz CT molecular complexity index is 425. The summed E-state index contributed by atoms with van der Waals surface area (Å²) in [6.45, 7) is 0. The van der Waals surface area contributed by atoms with Crippen LogP contribution < -0.4 is 11.5 Å². The van der Waals surface area contributed by atoms with Crippen LogP contribution in [0, 0.1) is 0 Å². The fourth-order valence-corrected chi connectivity index (χ4v) is 2.76. The average Bonchev–Trinajstić information content (AvgIpc) is 2.69. The Hall–Kier alpha value is -1.20. The summed E-state index contributed by atoms with van der Waals surface area (Å²) < 4.78 is 0. The maximum atomic E-state index is 10.7. The highest BCUT2D eigenvalue weighted by atomic mass is 32.1. The van der Waals surface area contributed by atoms with Crippen LogP contribution >= 0.6 is 11.3 Å². The van der Waals surface area contributed by atoms with E-state index in [2.05, 4.69) is 17.1 Å². The number of primary amides is 1. The highest BCUT2D eigenvalue weighted by molar-refractivity contribution is 7.12. The summed E-state index contributed by atoms with van der Waals surface area (Å²) in [7, 11) is 0. The van der Waals surface area contributed by atoms with Crippen LogP contribution in [0.2, 0.25) is 0 Å². The minimum absolute atomic E-state index is 0.170. The Kier molecular flexibility index (Phi) is 3.36. The molecule has 4 nitrogen and oxygen atoms in total. The van der Waals surface area contributed by atoms with Gasteiger partial charge in [0, 0.05) is 6.42 Å². The molecular weight excluding hydrogens is 222 g/mol. The molecule has 86 valence electrons. The molecule has 4 N–H and O–H groups in total. The first-order valence-corrected chi connectivity index (χ1v) is 6.18. The number of hydrogen-bond donors (Lipinski definition) is 2. The lowest BCUT2D eigenvalue weighted by Gasteiger charge is -2.05. The number of allylic oxidation sites excluding steroid dienone is 1. The van der Waals surface area contributed by atoms with Gasteiger partial charge in [0.2, 0.25) is 5.91 Å². The zero-order valence-corrected chi connectivity index (χ0v) is 9.80. The number of nitrogens with zero attached hydrogens (tertiary/aromatic N) is 1. The predicted molar refractivity (Wildman–Crippen MR) is 64.8 cm³/mol. The van der Waals surface area contributed by atoms with Crippen molar-refractivity contribution < 1.29 is 4.79 Å². The third kappa shape index (κ3) is 2.48. The molecule has 0 fully saturated rings. The lowest BCUT2D eigenvalue weighted by molar-refractivity contribution is -0.118. The topological polar surface area (TPSA) is 82.0 Å². The normalized spacial score (nSPS) is 15.8. The van der Waals surface area contributed by atoms with E-state index in [1.807, 2.05) is 0 Å². The summed E-state index contributed by atoms with van der Waals surface area (Å²) in [5.74, 6) is -0.309. The standard InChI is InChI=1S/C11H15N3OS/c12-7(5-6-10(13)15)11-14-8-3-1-2-4-9(8)16-11/h2,4,7H,1,3,5-6,12H2,(H2,13,15). The summed E-state index contributed by atoms with van der Waals surface area (Å²) >= 11 is 1.62. The first-order valence-electron chi connectivity index (χ1n) is 5.37. The van der Waals surface area contributed by atoms with Gasteiger partial charge in [-0.1, -0.05) is 6.08 Å². The summed E-state index contributed by atoms with van der Waals surface area (Å²) in [5, 5.41) is 0.915. The first kappa shape index (κ1) is 11.3. The fraction of sp³-hybridized carbons (Fsp3) is 0.455. The Labute approximate surface area is 98.4 Å². The molecule has 1 heterocycles. The van der Waals surface area contributed by atoms with Gasteiger partial charge in [-0.25, -0.2) is 4.98 Å². The van der Waals surface area contributed by atoms with Gasteiger partial charge in [-0.05, 0) is 25.3 Å². The minimum atomic E-state index is -0.309. The quantitative estimate of drug-likeness (QED) is 0.829. The number of amides is 1. The maximum absolute atomic E-state index is 10.7. The van der Waals surface area contributed by atoms with E-state index in [0.29, 0.717) is 12.8 Å². The van der Waals surface area contributed by atoms with Gasteiger partial charge in [0.25, 0.3) is 0 Å². The van der Waals surface area contributed by atoms with Crippen LogP contribution in [0.5, 0.6) is 0 Å². The van der Waals surface area contributed by atoms with Crippen molar-refractivity contribution in [3.05, 3.63) is 21.7 Å². The molecule has 1 aliphatic rings. The molecule has 16 heavy (non-hydrogen) atoms. The highest BCUT2D eigenvalue weighted by Crippen LogP contribution is 2.29. The number of aryl methyl sites for hydroxylation is 1. The third-order valence-corrected chi connectivity index (χ3v) is 3.77. The van der Waals surface area contributed by atoms with Crippen molar-refractivity contribution in [1.82, 2.24) is 4.98 Å². The van der Waals surface area contributed by atoms with E-state index in [1.165, 1.54) is 4.88 Å². The molecule has 5 heteroatoms. The second-order valence-electron chi connectivity index (χ2n) is 3.92. The molecule has 0 bridgehead atoms. The van der Waals surface area contributed by atoms with E-state index in [9.17, 15) is 4.79 Å². The van der Waals surface area contributed by atoms with Gasteiger partial charge < -0.3 is 11.5 Å². The third-order valence-electron chi connectivity index (χ3n) is 2.58. The lowest BCUT2D eigenvalue weighted by Crippen LogP contribution is -2.16. The van der Waals surface area contributed by atoms with Crippen molar-refractivity contribution in [3.63, 3.8) is 0 Å². The molecule has 0 saturated heterocycles. The Morgan fingerprint density at radius 2 is 2.44 bits per heavy atom.